The van der Waals surface area contributed by atoms with Crippen molar-refractivity contribution in [2.24, 2.45) is 4.99 Å². The van der Waals surface area contributed by atoms with Gasteiger partial charge >= 0.3 is 0 Å². The maximum absolute atomic E-state index is 5.91. The minimum absolute atomic E-state index is 0.535. The number of nitrogens with one attached hydrogen (secondary N) is 2. The van der Waals surface area contributed by atoms with Crippen LogP contribution in [-0.4, -0.2) is 46.6 Å². The second-order valence-corrected chi connectivity index (χ2v) is 7.25. The highest BCUT2D eigenvalue weighted by molar-refractivity contribution is 7.99. The van der Waals surface area contributed by atoms with E-state index in [0.29, 0.717) is 29.8 Å². The van der Waals surface area contributed by atoms with Crippen molar-refractivity contribution in [2.45, 2.75) is 11.4 Å². The lowest BCUT2D eigenvalue weighted by Gasteiger charge is -2.17. The molecule has 0 saturated carbocycles. The Bertz CT molecular complexity index is 785. The van der Waals surface area contributed by atoms with Gasteiger partial charge in [-0.1, -0.05) is 11.6 Å². The van der Waals surface area contributed by atoms with Crippen LogP contribution in [0.4, 0.5) is 0 Å². The first-order valence-corrected chi connectivity index (χ1v) is 10.1. The summed E-state index contributed by atoms with van der Waals surface area (Å²) in [6, 6.07) is 11.6. The molecule has 0 aliphatic rings. The van der Waals surface area contributed by atoms with Crippen molar-refractivity contribution in [1.29, 1.82) is 0 Å². The summed E-state index contributed by atoms with van der Waals surface area (Å²) in [5, 5.41) is 7.34. The lowest BCUT2D eigenvalue weighted by molar-refractivity contribution is 0.322. The average molecular weight is 424 g/mol. The Morgan fingerprint density at radius 1 is 0.964 bits per heavy atom. The monoisotopic (exact) mass is 423 g/mol. The quantitative estimate of drug-likeness (QED) is 0.276. The van der Waals surface area contributed by atoms with Gasteiger partial charge < -0.3 is 24.8 Å². The fourth-order valence-corrected chi connectivity index (χ4v) is 3.47. The van der Waals surface area contributed by atoms with Crippen molar-refractivity contribution in [3.8, 4) is 17.2 Å². The molecule has 0 aliphatic heterocycles. The largest absolute Gasteiger partial charge is 0.493 e. The molecular formula is C20H26ClN3O3S. The second kappa shape index (κ2) is 11.6. The van der Waals surface area contributed by atoms with Crippen LogP contribution in [0.25, 0.3) is 0 Å². The van der Waals surface area contributed by atoms with Crippen LogP contribution in [-0.2, 0) is 6.54 Å². The Kier molecular flexibility index (Phi) is 9.10. The molecule has 0 saturated heterocycles. The minimum Gasteiger partial charge on any atom is -0.493 e. The lowest BCUT2D eigenvalue weighted by atomic mass is 10.1. The Balaban J connectivity index is 1.87. The van der Waals surface area contributed by atoms with Gasteiger partial charge in [0.05, 0.1) is 21.3 Å². The molecule has 2 rings (SSSR count). The molecule has 0 bridgehead atoms. The number of hydrogen-bond acceptors (Lipinski definition) is 5. The highest BCUT2D eigenvalue weighted by Crippen LogP contribution is 2.39. The van der Waals surface area contributed by atoms with Crippen molar-refractivity contribution >= 4 is 29.3 Å². The van der Waals surface area contributed by atoms with E-state index in [1.54, 1.807) is 40.1 Å². The third kappa shape index (κ3) is 6.14. The fraction of sp³-hybridized carbons (Fsp3) is 0.350. The van der Waals surface area contributed by atoms with Crippen molar-refractivity contribution in [3.63, 3.8) is 0 Å². The second-order valence-electron chi connectivity index (χ2n) is 5.65. The predicted molar refractivity (Wildman–Crippen MR) is 116 cm³/mol. The van der Waals surface area contributed by atoms with Crippen LogP contribution in [0.2, 0.25) is 5.02 Å². The van der Waals surface area contributed by atoms with E-state index in [9.17, 15) is 0 Å². The number of nitrogens with zero attached hydrogens (tertiary/aromatic N) is 1. The van der Waals surface area contributed by atoms with Crippen LogP contribution in [0.1, 0.15) is 5.56 Å². The summed E-state index contributed by atoms with van der Waals surface area (Å²) in [5.74, 6) is 3.47. The fourth-order valence-electron chi connectivity index (χ4n) is 2.57. The van der Waals surface area contributed by atoms with E-state index in [1.165, 1.54) is 4.90 Å². The number of ether oxygens (including phenoxy) is 3. The molecule has 0 heterocycles. The Morgan fingerprint density at radius 2 is 1.68 bits per heavy atom. The van der Waals surface area contributed by atoms with Crippen molar-refractivity contribution in [1.82, 2.24) is 10.6 Å². The summed E-state index contributed by atoms with van der Waals surface area (Å²) in [6.45, 7) is 1.31. The smallest absolute Gasteiger partial charge is 0.203 e. The van der Waals surface area contributed by atoms with Gasteiger partial charge in [-0.2, -0.15) is 0 Å². The molecule has 0 radical (unpaired) electrons. The zero-order chi connectivity index (χ0) is 20.4. The van der Waals surface area contributed by atoms with E-state index in [2.05, 4.69) is 15.6 Å². The lowest BCUT2D eigenvalue weighted by Crippen LogP contribution is -2.38. The molecule has 2 N–H and O–H groups in total. The summed E-state index contributed by atoms with van der Waals surface area (Å²) in [5.41, 5.74) is 0.943. The van der Waals surface area contributed by atoms with Gasteiger partial charge in [0.25, 0.3) is 0 Å². The number of aliphatic imine (C=N–C) groups is 1. The normalized spacial score (nSPS) is 11.1. The van der Waals surface area contributed by atoms with Gasteiger partial charge in [-0.05, 0) is 36.4 Å². The van der Waals surface area contributed by atoms with E-state index in [1.807, 2.05) is 36.4 Å². The molecule has 0 aliphatic carbocycles. The summed E-state index contributed by atoms with van der Waals surface area (Å²) < 4.78 is 16.3. The molecule has 0 amide bonds. The zero-order valence-corrected chi connectivity index (χ0v) is 18.1. The number of hydrogen-bond donors (Lipinski definition) is 2. The maximum Gasteiger partial charge on any atom is 0.203 e. The van der Waals surface area contributed by atoms with Gasteiger partial charge in [0.15, 0.2) is 17.5 Å². The van der Waals surface area contributed by atoms with Crippen molar-refractivity contribution in [2.75, 3.05) is 40.7 Å². The van der Waals surface area contributed by atoms with Crippen LogP contribution in [0.3, 0.4) is 0 Å². The van der Waals surface area contributed by atoms with Crippen LogP contribution in [0.5, 0.6) is 17.2 Å². The molecule has 8 heteroatoms. The number of guanidine groups is 1. The summed E-state index contributed by atoms with van der Waals surface area (Å²) in [7, 11) is 6.55. The summed E-state index contributed by atoms with van der Waals surface area (Å²) in [6.07, 6.45) is 0. The first-order valence-electron chi connectivity index (χ1n) is 8.73. The van der Waals surface area contributed by atoms with E-state index in [0.717, 1.165) is 22.9 Å². The van der Waals surface area contributed by atoms with Crippen LogP contribution in [0.15, 0.2) is 46.3 Å². The van der Waals surface area contributed by atoms with E-state index in [-0.39, 0.29) is 0 Å². The van der Waals surface area contributed by atoms with Crippen LogP contribution >= 0.6 is 23.4 Å². The topological polar surface area (TPSA) is 64.1 Å². The SMILES string of the molecule is CN=C(NCCSc1ccc(Cl)cc1)NCc1ccc(OC)c(OC)c1OC. The maximum atomic E-state index is 5.91. The average Bonchev–Trinajstić information content (AvgIpc) is 2.73. The molecule has 2 aromatic carbocycles. The predicted octanol–water partition coefficient (Wildman–Crippen LogP) is 3.82. The molecule has 152 valence electrons. The summed E-state index contributed by atoms with van der Waals surface area (Å²) >= 11 is 7.66. The first kappa shape index (κ1) is 22.0. The highest BCUT2D eigenvalue weighted by Gasteiger charge is 2.15. The Hall–Kier alpha value is -2.25. The van der Waals surface area contributed by atoms with Gasteiger partial charge in [0.1, 0.15) is 0 Å². The molecule has 0 unspecified atom stereocenters. The van der Waals surface area contributed by atoms with Crippen LogP contribution < -0.4 is 24.8 Å². The highest BCUT2D eigenvalue weighted by atomic mass is 35.5. The molecule has 0 aromatic heterocycles. The van der Waals surface area contributed by atoms with Crippen molar-refractivity contribution in [3.05, 3.63) is 47.0 Å². The Labute approximate surface area is 175 Å². The number of rotatable bonds is 9. The number of thioether (sulfide) groups is 1. The van der Waals surface area contributed by atoms with Gasteiger partial charge in [-0.3, -0.25) is 4.99 Å². The standard InChI is InChI=1S/C20H26ClN3O3S/c1-22-20(23-11-12-28-16-8-6-15(21)7-9-16)24-13-14-5-10-17(25-2)19(27-4)18(14)26-3/h5-10H,11-13H2,1-4H3,(H2,22,23,24). The Morgan fingerprint density at radius 3 is 2.29 bits per heavy atom. The minimum atomic E-state index is 0.535. The summed E-state index contributed by atoms with van der Waals surface area (Å²) in [4.78, 5) is 5.45. The molecule has 2 aromatic rings. The van der Waals surface area contributed by atoms with Crippen LogP contribution in [0, 0.1) is 0 Å². The number of methoxy groups -OCH3 is 3. The van der Waals surface area contributed by atoms with Gasteiger partial charge in [-0.25, -0.2) is 0 Å². The zero-order valence-electron chi connectivity index (χ0n) is 16.5. The van der Waals surface area contributed by atoms with Crippen molar-refractivity contribution < 1.29 is 14.2 Å². The van der Waals surface area contributed by atoms with Gasteiger partial charge in [0.2, 0.25) is 5.75 Å². The number of benzene rings is 2. The number of halogens is 1. The van der Waals surface area contributed by atoms with Gasteiger partial charge in [0, 0.05) is 41.4 Å². The molecular weight excluding hydrogens is 398 g/mol. The van der Waals surface area contributed by atoms with Gasteiger partial charge in [-0.15, -0.1) is 11.8 Å². The van der Waals surface area contributed by atoms with E-state index < -0.39 is 0 Å². The molecule has 0 fully saturated rings. The molecule has 0 atom stereocenters. The molecule has 28 heavy (non-hydrogen) atoms. The van der Waals surface area contributed by atoms with E-state index in [4.69, 9.17) is 25.8 Å². The molecule has 0 spiro atoms. The third-order valence-corrected chi connectivity index (χ3v) is 5.20. The van der Waals surface area contributed by atoms with E-state index >= 15 is 0 Å². The third-order valence-electron chi connectivity index (χ3n) is 3.93. The first-order chi connectivity index (χ1) is 13.6. The molecule has 6 nitrogen and oxygen atoms in total.